The largest absolute Gasteiger partial charge is 0.192 e. The molecule has 5 heteroatoms. The monoisotopic (exact) mass is 185 g/mol. The van der Waals surface area contributed by atoms with Crippen molar-refractivity contribution in [3.8, 4) is 11.8 Å². The standard InChI is InChI=1S/C9H7N5/c1-7-11-13-14(12-7)9-5-3-2-4-8(9)6-10/h2-5H,1H3. The molecule has 1 heterocycles. The lowest BCUT2D eigenvalue weighted by Crippen LogP contribution is -2.01. The Balaban J connectivity index is 2.57. The second-order valence-electron chi connectivity index (χ2n) is 2.76. The molecule has 0 saturated carbocycles. The number of tetrazole rings is 1. The maximum absolute atomic E-state index is 8.85. The van der Waals surface area contributed by atoms with E-state index >= 15 is 0 Å². The molecule has 0 aliphatic rings. The summed E-state index contributed by atoms with van der Waals surface area (Å²) in [5.74, 6) is 0.581. The fourth-order valence-electron chi connectivity index (χ4n) is 1.13. The molecule has 0 bridgehead atoms. The number of hydrogen-bond donors (Lipinski definition) is 0. The third-order valence-electron chi connectivity index (χ3n) is 1.75. The van der Waals surface area contributed by atoms with Crippen molar-refractivity contribution < 1.29 is 0 Å². The van der Waals surface area contributed by atoms with Gasteiger partial charge in [-0.3, -0.25) is 0 Å². The van der Waals surface area contributed by atoms with E-state index in [-0.39, 0.29) is 0 Å². The highest BCUT2D eigenvalue weighted by molar-refractivity contribution is 5.46. The minimum absolute atomic E-state index is 0.532. The highest BCUT2D eigenvalue weighted by Gasteiger charge is 2.05. The van der Waals surface area contributed by atoms with Crippen molar-refractivity contribution >= 4 is 0 Å². The number of nitriles is 1. The quantitative estimate of drug-likeness (QED) is 0.660. The summed E-state index contributed by atoms with van der Waals surface area (Å²) in [6, 6.07) is 9.19. The van der Waals surface area contributed by atoms with E-state index in [0.29, 0.717) is 17.1 Å². The molecule has 0 radical (unpaired) electrons. The molecule has 0 spiro atoms. The Morgan fingerprint density at radius 1 is 1.36 bits per heavy atom. The van der Waals surface area contributed by atoms with Crippen molar-refractivity contribution in [2.24, 2.45) is 0 Å². The lowest BCUT2D eigenvalue weighted by atomic mass is 10.2. The zero-order valence-electron chi connectivity index (χ0n) is 7.55. The van der Waals surface area contributed by atoms with Crippen molar-refractivity contribution in [1.29, 1.82) is 5.26 Å². The molecule has 5 nitrogen and oxygen atoms in total. The molecule has 0 N–H and O–H groups in total. The summed E-state index contributed by atoms with van der Waals surface area (Å²) < 4.78 is 0. The lowest BCUT2D eigenvalue weighted by molar-refractivity contribution is 0.717. The molecule has 14 heavy (non-hydrogen) atoms. The number of hydrogen-bond acceptors (Lipinski definition) is 4. The Labute approximate surface area is 80.6 Å². The normalized spacial score (nSPS) is 9.71. The van der Waals surface area contributed by atoms with Crippen LogP contribution in [0.2, 0.25) is 0 Å². The van der Waals surface area contributed by atoms with Gasteiger partial charge in [0.1, 0.15) is 11.8 Å². The lowest BCUT2D eigenvalue weighted by Gasteiger charge is -1.98. The van der Waals surface area contributed by atoms with Gasteiger partial charge in [0.05, 0.1) is 5.56 Å². The van der Waals surface area contributed by atoms with E-state index in [9.17, 15) is 0 Å². The Bertz CT molecular complexity index is 494. The Morgan fingerprint density at radius 2 is 2.14 bits per heavy atom. The molecule has 68 valence electrons. The van der Waals surface area contributed by atoms with E-state index in [1.807, 2.05) is 6.07 Å². The Morgan fingerprint density at radius 3 is 2.79 bits per heavy atom. The minimum atomic E-state index is 0.532. The smallest absolute Gasteiger partial charge is 0.172 e. The van der Waals surface area contributed by atoms with Gasteiger partial charge in [0, 0.05) is 0 Å². The Kier molecular flexibility index (Phi) is 1.95. The van der Waals surface area contributed by atoms with Crippen LogP contribution in [0.3, 0.4) is 0 Å². The van der Waals surface area contributed by atoms with E-state index in [1.54, 1.807) is 25.1 Å². The number of aryl methyl sites for hydroxylation is 1. The van der Waals surface area contributed by atoms with Crippen molar-refractivity contribution in [3.63, 3.8) is 0 Å². The second kappa shape index (κ2) is 3.26. The van der Waals surface area contributed by atoms with Crippen LogP contribution in [0.1, 0.15) is 11.4 Å². The fraction of sp³-hybridized carbons (Fsp3) is 0.111. The van der Waals surface area contributed by atoms with Gasteiger partial charge in [-0.05, 0) is 24.3 Å². The van der Waals surface area contributed by atoms with Crippen molar-refractivity contribution in [2.45, 2.75) is 6.92 Å². The Hall–Kier alpha value is -2.22. The van der Waals surface area contributed by atoms with E-state index in [1.165, 1.54) is 4.80 Å². The van der Waals surface area contributed by atoms with Gasteiger partial charge in [-0.25, -0.2) is 0 Å². The summed E-state index contributed by atoms with van der Waals surface area (Å²) in [6.07, 6.45) is 0. The molecule has 2 rings (SSSR count). The van der Waals surface area contributed by atoms with Gasteiger partial charge in [-0.15, -0.1) is 15.0 Å². The van der Waals surface area contributed by atoms with Crippen LogP contribution in [-0.2, 0) is 0 Å². The van der Waals surface area contributed by atoms with Crippen LogP contribution in [-0.4, -0.2) is 20.2 Å². The average molecular weight is 185 g/mol. The topological polar surface area (TPSA) is 67.4 Å². The highest BCUT2D eigenvalue weighted by Crippen LogP contribution is 2.10. The van der Waals surface area contributed by atoms with Crippen LogP contribution in [0.25, 0.3) is 5.69 Å². The van der Waals surface area contributed by atoms with Gasteiger partial charge in [0.25, 0.3) is 0 Å². The average Bonchev–Trinajstić information content (AvgIpc) is 2.65. The third-order valence-corrected chi connectivity index (χ3v) is 1.75. The second-order valence-corrected chi connectivity index (χ2v) is 2.76. The fourth-order valence-corrected chi connectivity index (χ4v) is 1.13. The van der Waals surface area contributed by atoms with E-state index in [0.717, 1.165) is 0 Å². The van der Waals surface area contributed by atoms with E-state index < -0.39 is 0 Å². The molecule has 0 aliphatic heterocycles. The maximum atomic E-state index is 8.85. The van der Waals surface area contributed by atoms with Crippen LogP contribution in [0, 0.1) is 18.3 Å². The number of para-hydroxylation sites is 1. The molecule has 0 unspecified atom stereocenters. The molecule has 0 aliphatic carbocycles. The molecular weight excluding hydrogens is 178 g/mol. The van der Waals surface area contributed by atoms with E-state index in [4.69, 9.17) is 5.26 Å². The first-order valence-electron chi connectivity index (χ1n) is 4.07. The van der Waals surface area contributed by atoms with Crippen LogP contribution in [0.5, 0.6) is 0 Å². The van der Waals surface area contributed by atoms with Crippen LogP contribution in [0.4, 0.5) is 0 Å². The molecule has 0 fully saturated rings. The van der Waals surface area contributed by atoms with Gasteiger partial charge in [-0.2, -0.15) is 5.26 Å². The minimum Gasteiger partial charge on any atom is -0.192 e. The maximum Gasteiger partial charge on any atom is 0.172 e. The van der Waals surface area contributed by atoms with E-state index in [2.05, 4.69) is 21.5 Å². The summed E-state index contributed by atoms with van der Waals surface area (Å²) in [7, 11) is 0. The first kappa shape index (κ1) is 8.38. The molecule has 1 aromatic carbocycles. The van der Waals surface area contributed by atoms with Gasteiger partial charge in [-0.1, -0.05) is 12.1 Å². The molecule has 2 aromatic rings. The molecule has 0 saturated heterocycles. The van der Waals surface area contributed by atoms with Crippen LogP contribution < -0.4 is 0 Å². The predicted octanol–water partition coefficient (Wildman–Crippen LogP) is 0.842. The predicted molar refractivity (Wildman–Crippen MR) is 48.6 cm³/mol. The van der Waals surface area contributed by atoms with Crippen molar-refractivity contribution in [3.05, 3.63) is 35.7 Å². The number of nitrogens with zero attached hydrogens (tertiary/aromatic N) is 5. The van der Waals surface area contributed by atoms with Gasteiger partial charge in [0.15, 0.2) is 5.82 Å². The molecular formula is C9H7N5. The highest BCUT2D eigenvalue weighted by atomic mass is 15.6. The number of aromatic nitrogens is 4. The first-order chi connectivity index (χ1) is 6.81. The van der Waals surface area contributed by atoms with Crippen LogP contribution in [0.15, 0.2) is 24.3 Å². The van der Waals surface area contributed by atoms with Crippen LogP contribution >= 0.6 is 0 Å². The summed E-state index contributed by atoms with van der Waals surface area (Å²) in [6.45, 7) is 1.75. The van der Waals surface area contributed by atoms with Gasteiger partial charge >= 0.3 is 0 Å². The molecule has 0 atom stereocenters. The summed E-state index contributed by atoms with van der Waals surface area (Å²) in [4.78, 5) is 1.36. The zero-order chi connectivity index (χ0) is 9.97. The number of benzene rings is 1. The molecule has 1 aromatic heterocycles. The summed E-state index contributed by atoms with van der Waals surface area (Å²) in [5, 5.41) is 20.4. The van der Waals surface area contributed by atoms with Gasteiger partial charge < -0.3 is 0 Å². The number of rotatable bonds is 1. The molecule has 0 amide bonds. The van der Waals surface area contributed by atoms with Crippen molar-refractivity contribution in [1.82, 2.24) is 20.2 Å². The van der Waals surface area contributed by atoms with Crippen molar-refractivity contribution in [2.75, 3.05) is 0 Å². The summed E-state index contributed by atoms with van der Waals surface area (Å²) >= 11 is 0. The SMILES string of the molecule is Cc1nnn(-c2ccccc2C#N)n1. The van der Waals surface area contributed by atoms with Gasteiger partial charge in [0.2, 0.25) is 0 Å². The zero-order valence-corrected chi connectivity index (χ0v) is 7.55. The first-order valence-corrected chi connectivity index (χ1v) is 4.07. The third kappa shape index (κ3) is 1.33. The summed E-state index contributed by atoms with van der Waals surface area (Å²) in [5.41, 5.74) is 1.18.